The SMILES string of the molecule is Cc1ccc(Nc2cc(C3CC3)nc(NCCN(C)C)n2)c(Cl)c1. The van der Waals surface area contributed by atoms with Crippen molar-refractivity contribution in [3.8, 4) is 0 Å². The molecule has 1 heterocycles. The summed E-state index contributed by atoms with van der Waals surface area (Å²) in [7, 11) is 4.10. The summed E-state index contributed by atoms with van der Waals surface area (Å²) in [5.41, 5.74) is 3.10. The lowest BCUT2D eigenvalue weighted by Crippen LogP contribution is -2.21. The zero-order valence-electron chi connectivity index (χ0n) is 14.4. The van der Waals surface area contributed by atoms with Gasteiger partial charge in [0, 0.05) is 25.1 Å². The number of aromatic nitrogens is 2. The van der Waals surface area contributed by atoms with Crippen molar-refractivity contribution in [2.24, 2.45) is 0 Å². The van der Waals surface area contributed by atoms with Gasteiger partial charge in [-0.15, -0.1) is 0 Å². The second-order valence-corrected chi connectivity index (χ2v) is 7.02. The van der Waals surface area contributed by atoms with Gasteiger partial charge in [-0.3, -0.25) is 0 Å². The predicted molar refractivity (Wildman–Crippen MR) is 101 cm³/mol. The van der Waals surface area contributed by atoms with Gasteiger partial charge < -0.3 is 15.5 Å². The predicted octanol–water partition coefficient (Wildman–Crippen LogP) is 4.03. The van der Waals surface area contributed by atoms with Gasteiger partial charge in [0.05, 0.1) is 16.4 Å². The molecule has 1 aliphatic carbocycles. The minimum Gasteiger partial charge on any atom is -0.353 e. The number of hydrogen-bond acceptors (Lipinski definition) is 5. The van der Waals surface area contributed by atoms with Crippen LogP contribution < -0.4 is 10.6 Å². The molecule has 3 rings (SSSR count). The summed E-state index contributed by atoms with van der Waals surface area (Å²) in [4.78, 5) is 11.4. The van der Waals surface area contributed by atoms with Crippen LogP contribution in [0, 0.1) is 6.92 Å². The average Bonchev–Trinajstić information content (AvgIpc) is 3.34. The first-order chi connectivity index (χ1) is 11.5. The third kappa shape index (κ3) is 4.58. The number of benzene rings is 1. The summed E-state index contributed by atoms with van der Waals surface area (Å²) >= 11 is 6.33. The van der Waals surface area contributed by atoms with Crippen molar-refractivity contribution < 1.29 is 0 Å². The minimum absolute atomic E-state index is 0.566. The van der Waals surface area contributed by atoms with E-state index < -0.39 is 0 Å². The molecule has 0 spiro atoms. The Hall–Kier alpha value is -1.85. The molecule has 0 saturated heterocycles. The maximum absolute atomic E-state index is 6.33. The molecule has 5 nitrogen and oxygen atoms in total. The zero-order chi connectivity index (χ0) is 17.1. The molecule has 2 N–H and O–H groups in total. The maximum atomic E-state index is 6.33. The summed E-state index contributed by atoms with van der Waals surface area (Å²) in [6, 6.07) is 8.00. The van der Waals surface area contributed by atoms with Gasteiger partial charge >= 0.3 is 0 Å². The van der Waals surface area contributed by atoms with Crippen molar-refractivity contribution in [3.63, 3.8) is 0 Å². The molecule has 0 aliphatic heterocycles. The van der Waals surface area contributed by atoms with Gasteiger partial charge in [0.15, 0.2) is 0 Å². The molecular weight excluding hydrogens is 322 g/mol. The topological polar surface area (TPSA) is 53.1 Å². The zero-order valence-corrected chi connectivity index (χ0v) is 15.2. The second kappa shape index (κ2) is 7.36. The molecule has 0 bridgehead atoms. The molecule has 24 heavy (non-hydrogen) atoms. The number of aryl methyl sites for hydroxylation is 1. The molecule has 1 saturated carbocycles. The largest absolute Gasteiger partial charge is 0.353 e. The average molecular weight is 346 g/mol. The Morgan fingerprint density at radius 1 is 1.21 bits per heavy atom. The van der Waals surface area contributed by atoms with E-state index in [0.29, 0.717) is 16.9 Å². The first kappa shape index (κ1) is 17.0. The Balaban J connectivity index is 1.79. The lowest BCUT2D eigenvalue weighted by Gasteiger charge is -2.13. The van der Waals surface area contributed by atoms with E-state index in [0.717, 1.165) is 35.9 Å². The Morgan fingerprint density at radius 3 is 2.67 bits per heavy atom. The maximum Gasteiger partial charge on any atom is 0.224 e. The molecule has 0 radical (unpaired) electrons. The van der Waals surface area contributed by atoms with E-state index in [-0.39, 0.29) is 0 Å². The number of anilines is 3. The Labute approximate surface area is 148 Å². The van der Waals surface area contributed by atoms with Crippen molar-refractivity contribution in [3.05, 3.63) is 40.5 Å². The number of halogens is 1. The van der Waals surface area contributed by atoms with E-state index in [1.54, 1.807) is 0 Å². The molecule has 0 unspecified atom stereocenters. The Morgan fingerprint density at radius 2 is 2.00 bits per heavy atom. The highest BCUT2D eigenvalue weighted by Gasteiger charge is 2.26. The van der Waals surface area contributed by atoms with Crippen LogP contribution in [0.4, 0.5) is 17.5 Å². The normalized spacial score (nSPS) is 14.0. The molecule has 1 aromatic heterocycles. The van der Waals surface area contributed by atoms with Gasteiger partial charge in [-0.1, -0.05) is 17.7 Å². The third-order valence-corrected chi connectivity index (χ3v) is 4.28. The minimum atomic E-state index is 0.566. The second-order valence-electron chi connectivity index (χ2n) is 6.61. The van der Waals surface area contributed by atoms with Crippen LogP contribution in [0.1, 0.15) is 30.0 Å². The van der Waals surface area contributed by atoms with Crippen LogP contribution in [0.2, 0.25) is 5.02 Å². The number of hydrogen-bond donors (Lipinski definition) is 2. The van der Waals surface area contributed by atoms with Crippen molar-refractivity contribution >= 4 is 29.1 Å². The number of likely N-dealkylation sites (N-methyl/N-ethyl adjacent to an activating group) is 1. The lowest BCUT2D eigenvalue weighted by molar-refractivity contribution is 0.425. The van der Waals surface area contributed by atoms with Crippen LogP contribution in [-0.4, -0.2) is 42.1 Å². The summed E-state index contributed by atoms with van der Waals surface area (Å²) in [6.07, 6.45) is 2.41. The van der Waals surface area contributed by atoms with Crippen molar-refractivity contribution in [2.45, 2.75) is 25.7 Å². The van der Waals surface area contributed by atoms with Crippen LogP contribution in [0.25, 0.3) is 0 Å². The van der Waals surface area contributed by atoms with Crippen molar-refractivity contribution in [2.75, 3.05) is 37.8 Å². The fourth-order valence-electron chi connectivity index (χ4n) is 2.45. The highest BCUT2D eigenvalue weighted by molar-refractivity contribution is 6.33. The Bertz CT molecular complexity index is 713. The Kier molecular flexibility index (Phi) is 5.21. The van der Waals surface area contributed by atoms with E-state index in [4.69, 9.17) is 11.6 Å². The van der Waals surface area contributed by atoms with Crippen LogP contribution in [-0.2, 0) is 0 Å². The van der Waals surface area contributed by atoms with Crippen LogP contribution in [0.3, 0.4) is 0 Å². The van der Waals surface area contributed by atoms with Gasteiger partial charge in [0.1, 0.15) is 5.82 Å². The molecule has 0 atom stereocenters. The molecule has 1 aromatic carbocycles. The molecule has 2 aromatic rings. The molecule has 128 valence electrons. The van der Waals surface area contributed by atoms with Gasteiger partial charge in [0.25, 0.3) is 0 Å². The van der Waals surface area contributed by atoms with Gasteiger partial charge in [-0.25, -0.2) is 4.98 Å². The molecule has 1 fully saturated rings. The number of nitrogens with one attached hydrogen (secondary N) is 2. The molecule has 0 amide bonds. The first-order valence-electron chi connectivity index (χ1n) is 8.32. The summed E-state index contributed by atoms with van der Waals surface area (Å²) in [5.74, 6) is 2.02. The molecular formula is C18H24ClN5. The fourth-order valence-corrected chi connectivity index (χ4v) is 2.73. The van der Waals surface area contributed by atoms with E-state index in [1.807, 2.05) is 31.2 Å². The quantitative estimate of drug-likeness (QED) is 0.793. The number of nitrogens with zero attached hydrogens (tertiary/aromatic N) is 3. The highest BCUT2D eigenvalue weighted by Crippen LogP contribution is 2.40. The summed E-state index contributed by atoms with van der Waals surface area (Å²) < 4.78 is 0. The van der Waals surface area contributed by atoms with E-state index in [2.05, 4.69) is 39.6 Å². The van der Waals surface area contributed by atoms with E-state index in [9.17, 15) is 0 Å². The third-order valence-electron chi connectivity index (χ3n) is 3.97. The van der Waals surface area contributed by atoms with Gasteiger partial charge in [0.2, 0.25) is 5.95 Å². The van der Waals surface area contributed by atoms with E-state index in [1.165, 1.54) is 12.8 Å². The van der Waals surface area contributed by atoms with Crippen LogP contribution in [0.15, 0.2) is 24.3 Å². The standard InChI is InChI=1S/C18H24ClN5/c1-12-4-7-15(14(19)10-12)21-17-11-16(13-5-6-13)22-18(23-17)20-8-9-24(2)3/h4,7,10-11,13H,5-6,8-9H2,1-3H3,(H2,20,21,22,23). The van der Waals surface area contributed by atoms with Crippen LogP contribution in [0.5, 0.6) is 0 Å². The summed E-state index contributed by atoms with van der Waals surface area (Å²) in [5, 5.41) is 7.34. The van der Waals surface area contributed by atoms with Crippen molar-refractivity contribution in [1.82, 2.24) is 14.9 Å². The molecule has 1 aliphatic rings. The molecule has 6 heteroatoms. The summed E-state index contributed by atoms with van der Waals surface area (Å²) in [6.45, 7) is 3.77. The monoisotopic (exact) mass is 345 g/mol. The fraction of sp³-hybridized carbons (Fsp3) is 0.444. The highest BCUT2D eigenvalue weighted by atomic mass is 35.5. The van der Waals surface area contributed by atoms with Gasteiger partial charge in [-0.05, 0) is 51.6 Å². The van der Waals surface area contributed by atoms with Gasteiger partial charge in [-0.2, -0.15) is 4.98 Å². The first-order valence-corrected chi connectivity index (χ1v) is 8.70. The number of rotatable bonds is 7. The lowest BCUT2D eigenvalue weighted by atomic mass is 10.2. The smallest absolute Gasteiger partial charge is 0.224 e. The van der Waals surface area contributed by atoms with Crippen molar-refractivity contribution in [1.29, 1.82) is 0 Å². The van der Waals surface area contributed by atoms with E-state index >= 15 is 0 Å². The van der Waals surface area contributed by atoms with Crippen LogP contribution >= 0.6 is 11.6 Å².